The summed E-state index contributed by atoms with van der Waals surface area (Å²) in [4.78, 5) is 58.1. The van der Waals surface area contributed by atoms with Crippen LogP contribution >= 0.6 is 0 Å². The monoisotopic (exact) mass is 496 g/mol. The molecule has 1 aromatic rings. The smallest absolute Gasteiger partial charge is 0.239 e. The fourth-order valence-corrected chi connectivity index (χ4v) is 8.38. The molecule has 0 N–H and O–H groups in total. The molecule has 1 aliphatic carbocycles. The Labute approximate surface area is 210 Å². The summed E-state index contributed by atoms with van der Waals surface area (Å²) in [5.74, 6) is -2.34. The number of carbonyl (C=O) groups is 4. The van der Waals surface area contributed by atoms with Crippen molar-refractivity contribution in [2.75, 3.05) is 4.90 Å². The van der Waals surface area contributed by atoms with E-state index in [-0.39, 0.29) is 41.9 Å². The lowest BCUT2D eigenvalue weighted by Gasteiger charge is -2.56. The number of benzene rings is 1. The minimum atomic E-state index is -1.70. The Hall–Kier alpha value is -2.28. The number of fused-ring (bicyclic) bond motifs is 2. The third-order valence-electron chi connectivity index (χ3n) is 8.20. The van der Waals surface area contributed by atoms with Crippen LogP contribution < -0.4 is 4.90 Å². The predicted molar refractivity (Wildman–Crippen MR) is 140 cm³/mol. The van der Waals surface area contributed by atoms with E-state index in [0.717, 1.165) is 38.1 Å². The molecular formula is C28H40N2O4Si. The van der Waals surface area contributed by atoms with Gasteiger partial charge in [0.25, 0.3) is 0 Å². The number of nitrogens with zero attached hydrogens (tertiary/aromatic N) is 2. The Bertz CT molecular complexity index is 988. The van der Waals surface area contributed by atoms with Crippen LogP contribution in [-0.2, 0) is 19.2 Å². The van der Waals surface area contributed by atoms with Crippen LogP contribution in [0.4, 0.5) is 5.69 Å². The van der Waals surface area contributed by atoms with Gasteiger partial charge in [-0.2, -0.15) is 0 Å². The molecule has 4 aliphatic rings. The van der Waals surface area contributed by atoms with Gasteiger partial charge in [-0.25, -0.2) is 4.90 Å². The van der Waals surface area contributed by atoms with E-state index >= 15 is 0 Å². The average molecular weight is 497 g/mol. The highest BCUT2D eigenvalue weighted by Crippen LogP contribution is 2.52. The summed E-state index contributed by atoms with van der Waals surface area (Å²) in [5.41, 5.74) is 0.550. The van der Waals surface area contributed by atoms with Crippen molar-refractivity contribution in [2.24, 2.45) is 23.7 Å². The average Bonchev–Trinajstić information content (AvgIpc) is 3.07. The number of hydrogen-bond donors (Lipinski definition) is 0. The fraction of sp³-hybridized carbons (Fsp3) is 0.643. The molecule has 3 aliphatic heterocycles. The first-order valence-corrected chi connectivity index (χ1v) is 17.1. The second-order valence-corrected chi connectivity index (χ2v) is 17.4. The molecule has 5 rings (SSSR count). The van der Waals surface area contributed by atoms with Gasteiger partial charge in [-0.3, -0.25) is 19.2 Å². The van der Waals surface area contributed by atoms with E-state index in [2.05, 4.69) is 33.5 Å². The number of carbonyl (C=O) groups excluding carboxylic acids is 4. The SMILES string of the molecule is CCCCCC(CC)C(=O)N1C(C[Si](C)(C)C)C2C(=O)CC1C1C(=O)N(c3ccccc3)C(=O)C21. The van der Waals surface area contributed by atoms with Crippen LogP contribution in [0.1, 0.15) is 52.4 Å². The lowest BCUT2D eigenvalue weighted by atomic mass is 9.62. The minimum absolute atomic E-state index is 0.0543. The van der Waals surface area contributed by atoms with E-state index in [1.807, 2.05) is 23.1 Å². The summed E-state index contributed by atoms with van der Waals surface area (Å²) in [6.45, 7) is 11.0. The summed E-state index contributed by atoms with van der Waals surface area (Å²) in [6, 6.07) is 8.97. The number of Topliss-reactive ketones (excluding diaryl/α,β-unsaturated/α-hetero) is 1. The zero-order chi connectivity index (χ0) is 25.5. The van der Waals surface area contributed by atoms with Gasteiger partial charge >= 0.3 is 0 Å². The van der Waals surface area contributed by atoms with Crippen molar-refractivity contribution in [2.45, 2.75) is 90.1 Å². The molecule has 7 heteroatoms. The third-order valence-corrected chi connectivity index (χ3v) is 9.84. The van der Waals surface area contributed by atoms with Crippen LogP contribution in [-0.4, -0.2) is 48.6 Å². The summed E-state index contributed by atoms with van der Waals surface area (Å²) < 4.78 is 0. The number of hydrogen-bond acceptors (Lipinski definition) is 4. The van der Waals surface area contributed by atoms with Crippen molar-refractivity contribution in [1.29, 1.82) is 0 Å². The quantitative estimate of drug-likeness (QED) is 0.277. The molecule has 0 aromatic heterocycles. The van der Waals surface area contributed by atoms with Gasteiger partial charge in [0.1, 0.15) is 5.78 Å². The zero-order valence-corrected chi connectivity index (χ0v) is 22.8. The normalized spacial score (nSPS) is 29.1. The topological polar surface area (TPSA) is 74.8 Å². The van der Waals surface area contributed by atoms with Crippen LogP contribution in [0.25, 0.3) is 0 Å². The first-order chi connectivity index (χ1) is 16.6. The number of ketones is 1. The van der Waals surface area contributed by atoms with Gasteiger partial charge < -0.3 is 4.90 Å². The molecule has 6 atom stereocenters. The number of rotatable bonds is 9. The van der Waals surface area contributed by atoms with Crippen molar-refractivity contribution < 1.29 is 19.2 Å². The van der Waals surface area contributed by atoms with Crippen LogP contribution in [0, 0.1) is 23.7 Å². The van der Waals surface area contributed by atoms with Crippen molar-refractivity contribution in [3.8, 4) is 0 Å². The molecular weight excluding hydrogens is 456 g/mol. The Morgan fingerprint density at radius 2 is 1.63 bits per heavy atom. The Morgan fingerprint density at radius 3 is 2.23 bits per heavy atom. The second kappa shape index (κ2) is 10.00. The van der Waals surface area contributed by atoms with Crippen molar-refractivity contribution >= 4 is 37.3 Å². The maximum Gasteiger partial charge on any atom is 0.239 e. The molecule has 6 unspecified atom stereocenters. The van der Waals surface area contributed by atoms with Crippen molar-refractivity contribution in [1.82, 2.24) is 4.90 Å². The molecule has 2 bridgehead atoms. The molecule has 3 saturated heterocycles. The highest BCUT2D eigenvalue weighted by molar-refractivity contribution is 6.76. The number of anilines is 1. The highest BCUT2D eigenvalue weighted by atomic mass is 28.3. The van der Waals surface area contributed by atoms with E-state index < -0.39 is 31.9 Å². The molecule has 190 valence electrons. The first-order valence-electron chi connectivity index (χ1n) is 13.4. The maximum atomic E-state index is 14.1. The lowest BCUT2D eigenvalue weighted by molar-refractivity contribution is -0.167. The summed E-state index contributed by atoms with van der Waals surface area (Å²) in [5, 5.41) is 0. The second-order valence-electron chi connectivity index (χ2n) is 11.8. The van der Waals surface area contributed by atoms with Crippen molar-refractivity contribution in [3.05, 3.63) is 30.3 Å². The molecule has 0 spiro atoms. The number of para-hydroxylation sites is 1. The molecule has 3 heterocycles. The summed E-state index contributed by atoms with van der Waals surface area (Å²) >= 11 is 0. The number of imide groups is 1. The molecule has 0 radical (unpaired) electrons. The predicted octanol–water partition coefficient (Wildman–Crippen LogP) is 4.91. The Morgan fingerprint density at radius 1 is 0.971 bits per heavy atom. The van der Waals surface area contributed by atoms with E-state index in [1.165, 1.54) is 4.90 Å². The van der Waals surface area contributed by atoms with Crippen LogP contribution in [0.15, 0.2) is 30.3 Å². The number of unbranched alkanes of at least 4 members (excludes halogenated alkanes) is 2. The number of amides is 3. The minimum Gasteiger partial charge on any atom is -0.335 e. The van der Waals surface area contributed by atoms with Gasteiger partial charge in [-0.1, -0.05) is 71.0 Å². The molecule has 4 fully saturated rings. The van der Waals surface area contributed by atoms with Crippen molar-refractivity contribution in [3.63, 3.8) is 0 Å². The van der Waals surface area contributed by atoms with Gasteiger partial charge in [-0.05, 0) is 31.0 Å². The van der Waals surface area contributed by atoms with Gasteiger partial charge in [0.2, 0.25) is 17.7 Å². The zero-order valence-electron chi connectivity index (χ0n) is 21.8. The Kier molecular flexibility index (Phi) is 7.37. The molecule has 1 saturated carbocycles. The van der Waals surface area contributed by atoms with Crippen LogP contribution in [0.3, 0.4) is 0 Å². The van der Waals surface area contributed by atoms with E-state index in [4.69, 9.17) is 0 Å². The standard InChI is InChI=1S/C28H40N2O4Si/c1-6-8-10-13-18(7-2)26(32)30-20-16-22(31)23(21(30)17-35(3,4)5)25-24(20)27(33)29(28(25)34)19-14-11-9-12-15-19/h9,11-12,14-15,18,20-21,23-25H,6-8,10,13,16-17H2,1-5H3. The van der Waals surface area contributed by atoms with Crippen LogP contribution in [0.2, 0.25) is 25.7 Å². The van der Waals surface area contributed by atoms with E-state index in [0.29, 0.717) is 5.69 Å². The van der Waals surface area contributed by atoms with Crippen LogP contribution in [0.5, 0.6) is 0 Å². The molecule has 1 aromatic carbocycles. The Balaban J connectivity index is 1.74. The van der Waals surface area contributed by atoms with Gasteiger partial charge in [0.15, 0.2) is 0 Å². The summed E-state index contributed by atoms with van der Waals surface area (Å²) in [7, 11) is -1.70. The first kappa shape index (κ1) is 25.8. The molecule has 3 amide bonds. The lowest BCUT2D eigenvalue weighted by Crippen LogP contribution is -2.69. The molecule has 6 nitrogen and oxygen atoms in total. The number of piperidine rings is 2. The van der Waals surface area contributed by atoms with Gasteiger partial charge in [-0.15, -0.1) is 0 Å². The molecule has 35 heavy (non-hydrogen) atoms. The highest BCUT2D eigenvalue weighted by Gasteiger charge is 2.67. The van der Waals surface area contributed by atoms with Gasteiger partial charge in [0, 0.05) is 26.5 Å². The summed E-state index contributed by atoms with van der Waals surface area (Å²) in [6.07, 6.45) is 4.97. The maximum absolute atomic E-state index is 14.1. The largest absolute Gasteiger partial charge is 0.335 e. The fourth-order valence-electron chi connectivity index (χ4n) is 6.67. The van der Waals surface area contributed by atoms with Gasteiger partial charge in [0.05, 0.1) is 29.5 Å². The van der Waals surface area contributed by atoms with E-state index in [9.17, 15) is 19.2 Å². The van der Waals surface area contributed by atoms with E-state index in [1.54, 1.807) is 12.1 Å². The third kappa shape index (κ3) is 4.64.